The van der Waals surface area contributed by atoms with Crippen molar-refractivity contribution in [3.05, 3.63) is 59.7 Å². The van der Waals surface area contributed by atoms with Crippen LogP contribution in [0.4, 0.5) is 4.79 Å². The third-order valence-electron chi connectivity index (χ3n) is 8.04. The molecule has 5 rings (SSSR count). The summed E-state index contributed by atoms with van der Waals surface area (Å²) in [4.78, 5) is 39.0. The maximum Gasteiger partial charge on any atom is 0.407 e. The topological polar surface area (TPSA) is 95.9 Å². The zero-order valence-electron chi connectivity index (χ0n) is 20.0. The molecular formula is C28H32N2O5. The average Bonchev–Trinajstić information content (AvgIpc) is 3.45. The number of nitrogens with zero attached hydrogens (tertiary/aromatic N) is 1. The molecule has 3 aliphatic rings. The number of hydrogen-bond donors (Lipinski definition) is 2. The van der Waals surface area contributed by atoms with Crippen molar-refractivity contribution in [3.63, 3.8) is 0 Å². The summed E-state index contributed by atoms with van der Waals surface area (Å²) < 4.78 is 5.66. The second-order valence-corrected chi connectivity index (χ2v) is 10.0. The molecule has 7 nitrogen and oxygen atoms in total. The number of nitrogens with one attached hydrogen (secondary N) is 1. The monoisotopic (exact) mass is 476 g/mol. The summed E-state index contributed by atoms with van der Waals surface area (Å²) in [6.07, 6.45) is 2.82. The Labute approximate surface area is 205 Å². The normalized spacial score (nSPS) is 25.6. The molecule has 2 N–H and O–H groups in total. The van der Waals surface area contributed by atoms with Gasteiger partial charge in [0.1, 0.15) is 6.61 Å². The van der Waals surface area contributed by atoms with Gasteiger partial charge < -0.3 is 20.1 Å². The number of hydrogen-bond acceptors (Lipinski definition) is 4. The number of carboxylic acid groups (broad SMARTS) is 1. The van der Waals surface area contributed by atoms with Crippen molar-refractivity contribution >= 4 is 18.0 Å². The van der Waals surface area contributed by atoms with Gasteiger partial charge in [-0.3, -0.25) is 9.59 Å². The van der Waals surface area contributed by atoms with Crippen LogP contribution in [0.25, 0.3) is 11.1 Å². The Hall–Kier alpha value is -3.35. The highest BCUT2D eigenvalue weighted by molar-refractivity contribution is 5.81. The molecule has 2 aromatic rings. The lowest BCUT2D eigenvalue weighted by Crippen LogP contribution is -2.51. The number of rotatable bonds is 5. The van der Waals surface area contributed by atoms with E-state index in [1.807, 2.05) is 31.2 Å². The molecule has 35 heavy (non-hydrogen) atoms. The van der Waals surface area contributed by atoms with Gasteiger partial charge in [-0.05, 0) is 61.3 Å². The SMILES string of the molecule is CC1C(C(=O)O)CCCN1C(=O)C1CCC(NC(=O)OCC2c3ccccc3-c3ccccc32)C1. The second kappa shape index (κ2) is 9.72. The molecule has 4 atom stereocenters. The maximum absolute atomic E-state index is 13.1. The number of ether oxygens (including phenoxy) is 1. The molecule has 0 aromatic heterocycles. The summed E-state index contributed by atoms with van der Waals surface area (Å²) >= 11 is 0. The molecule has 1 heterocycles. The van der Waals surface area contributed by atoms with E-state index in [1.54, 1.807) is 4.90 Å². The smallest absolute Gasteiger partial charge is 0.407 e. The predicted octanol–water partition coefficient (Wildman–Crippen LogP) is 4.41. The molecule has 0 bridgehead atoms. The summed E-state index contributed by atoms with van der Waals surface area (Å²) in [6.45, 7) is 2.69. The van der Waals surface area contributed by atoms with Crippen molar-refractivity contribution in [3.8, 4) is 11.1 Å². The average molecular weight is 477 g/mol. The van der Waals surface area contributed by atoms with E-state index in [4.69, 9.17) is 4.74 Å². The molecule has 2 fully saturated rings. The lowest BCUT2D eigenvalue weighted by atomic mass is 9.89. The fourth-order valence-corrected chi connectivity index (χ4v) is 6.16. The fraction of sp³-hybridized carbons (Fsp3) is 0.464. The van der Waals surface area contributed by atoms with Crippen molar-refractivity contribution in [1.29, 1.82) is 0 Å². The van der Waals surface area contributed by atoms with Crippen molar-refractivity contribution in [2.24, 2.45) is 11.8 Å². The number of carbonyl (C=O) groups is 3. The Morgan fingerprint density at radius 2 is 1.66 bits per heavy atom. The molecule has 4 unspecified atom stereocenters. The van der Waals surface area contributed by atoms with Gasteiger partial charge in [-0.2, -0.15) is 0 Å². The number of benzene rings is 2. The second-order valence-electron chi connectivity index (χ2n) is 10.0. The van der Waals surface area contributed by atoms with E-state index in [1.165, 1.54) is 22.3 Å². The van der Waals surface area contributed by atoms with E-state index >= 15 is 0 Å². The first-order chi connectivity index (χ1) is 16.9. The Bertz CT molecular complexity index is 1090. The molecule has 1 aliphatic heterocycles. The quantitative estimate of drug-likeness (QED) is 0.667. The number of piperidine rings is 1. The van der Waals surface area contributed by atoms with Crippen LogP contribution in [0.3, 0.4) is 0 Å². The van der Waals surface area contributed by atoms with E-state index in [0.717, 1.165) is 0 Å². The van der Waals surface area contributed by atoms with Crippen molar-refractivity contribution in [2.45, 2.75) is 57.0 Å². The lowest BCUT2D eigenvalue weighted by molar-refractivity contribution is -0.150. The first kappa shape index (κ1) is 23.4. The van der Waals surface area contributed by atoms with Crippen molar-refractivity contribution < 1.29 is 24.2 Å². The molecule has 184 valence electrons. The van der Waals surface area contributed by atoms with E-state index in [2.05, 4.69) is 29.6 Å². The predicted molar refractivity (Wildman–Crippen MR) is 131 cm³/mol. The van der Waals surface area contributed by atoms with Gasteiger partial charge in [0.2, 0.25) is 5.91 Å². The third-order valence-corrected chi connectivity index (χ3v) is 8.04. The van der Waals surface area contributed by atoms with E-state index < -0.39 is 18.0 Å². The van der Waals surface area contributed by atoms with Crippen LogP contribution in [0, 0.1) is 11.8 Å². The summed E-state index contributed by atoms with van der Waals surface area (Å²) in [7, 11) is 0. The van der Waals surface area contributed by atoms with Gasteiger partial charge in [0, 0.05) is 30.5 Å². The third kappa shape index (κ3) is 4.51. The minimum Gasteiger partial charge on any atom is -0.481 e. The molecule has 7 heteroatoms. The molecule has 2 aliphatic carbocycles. The Morgan fingerprint density at radius 3 is 2.31 bits per heavy atom. The van der Waals surface area contributed by atoms with Gasteiger partial charge >= 0.3 is 12.1 Å². The van der Waals surface area contributed by atoms with Crippen LogP contribution in [0.1, 0.15) is 56.1 Å². The number of carbonyl (C=O) groups excluding carboxylic acids is 2. The Morgan fingerprint density at radius 1 is 1.00 bits per heavy atom. The maximum atomic E-state index is 13.1. The van der Waals surface area contributed by atoms with Crippen LogP contribution in [0.5, 0.6) is 0 Å². The molecule has 0 spiro atoms. The molecule has 0 radical (unpaired) electrons. The summed E-state index contributed by atoms with van der Waals surface area (Å²) in [5, 5.41) is 12.4. The lowest BCUT2D eigenvalue weighted by Gasteiger charge is -2.38. The summed E-state index contributed by atoms with van der Waals surface area (Å²) in [6, 6.07) is 16.0. The first-order valence-electron chi connectivity index (χ1n) is 12.6. The summed E-state index contributed by atoms with van der Waals surface area (Å²) in [5.41, 5.74) is 4.71. The van der Waals surface area contributed by atoms with E-state index in [9.17, 15) is 19.5 Å². The highest BCUT2D eigenvalue weighted by Gasteiger charge is 2.40. The minimum absolute atomic E-state index is 0.00817. The highest BCUT2D eigenvalue weighted by atomic mass is 16.5. The van der Waals surface area contributed by atoms with Crippen LogP contribution in [0.15, 0.2) is 48.5 Å². The molecular weight excluding hydrogens is 444 g/mol. The van der Waals surface area contributed by atoms with Crippen molar-refractivity contribution in [2.75, 3.05) is 13.2 Å². The fourth-order valence-electron chi connectivity index (χ4n) is 6.16. The minimum atomic E-state index is -0.837. The molecule has 1 saturated heterocycles. The van der Waals surface area contributed by atoms with Gasteiger partial charge in [0.05, 0.1) is 5.92 Å². The number of carboxylic acids is 1. The van der Waals surface area contributed by atoms with Gasteiger partial charge in [-0.15, -0.1) is 0 Å². The van der Waals surface area contributed by atoms with Gasteiger partial charge in [-0.1, -0.05) is 48.5 Å². The highest BCUT2D eigenvalue weighted by Crippen LogP contribution is 2.44. The summed E-state index contributed by atoms with van der Waals surface area (Å²) in [5.74, 6) is -1.52. The van der Waals surface area contributed by atoms with Gasteiger partial charge in [0.25, 0.3) is 0 Å². The standard InChI is InChI=1S/C28H32N2O5/c1-17-20(27(32)33)11-6-14-30(17)26(31)18-12-13-19(15-18)29-28(34)35-16-25-23-9-4-2-7-21(23)22-8-3-5-10-24(22)25/h2-5,7-10,17-20,25H,6,11-16H2,1H3,(H,29,34)(H,32,33). The van der Waals surface area contributed by atoms with Crippen LogP contribution in [-0.2, 0) is 14.3 Å². The van der Waals surface area contributed by atoms with Crippen molar-refractivity contribution in [1.82, 2.24) is 10.2 Å². The van der Waals surface area contributed by atoms with Crippen LogP contribution in [0.2, 0.25) is 0 Å². The zero-order chi connectivity index (χ0) is 24.5. The molecule has 2 amide bonds. The number of amides is 2. The van der Waals surface area contributed by atoms with E-state index in [0.29, 0.717) is 38.6 Å². The van der Waals surface area contributed by atoms with Gasteiger partial charge in [-0.25, -0.2) is 4.79 Å². The number of likely N-dealkylation sites (tertiary alicyclic amines) is 1. The zero-order valence-corrected chi connectivity index (χ0v) is 20.0. The number of aliphatic carboxylic acids is 1. The molecule has 2 aromatic carbocycles. The first-order valence-corrected chi connectivity index (χ1v) is 12.6. The van der Waals surface area contributed by atoms with E-state index in [-0.39, 0.29) is 36.4 Å². The Kier molecular flexibility index (Phi) is 6.50. The number of fused-ring (bicyclic) bond motifs is 3. The van der Waals surface area contributed by atoms with Crippen LogP contribution < -0.4 is 5.32 Å². The largest absolute Gasteiger partial charge is 0.481 e. The van der Waals surface area contributed by atoms with Gasteiger partial charge in [0.15, 0.2) is 0 Å². The Balaban J connectivity index is 1.15. The van der Waals surface area contributed by atoms with Crippen LogP contribution in [-0.4, -0.2) is 53.2 Å². The van der Waals surface area contributed by atoms with Crippen LogP contribution >= 0.6 is 0 Å². The molecule has 1 saturated carbocycles. The number of alkyl carbamates (subject to hydrolysis) is 1.